The molecule has 122 valence electrons. The average Bonchev–Trinajstić information content (AvgIpc) is 2.42. The van der Waals surface area contributed by atoms with Gasteiger partial charge >= 0.3 is 0 Å². The van der Waals surface area contributed by atoms with Gasteiger partial charge in [0.2, 0.25) is 0 Å². The number of nitrogens with zero attached hydrogens (tertiary/aromatic N) is 2. The molecule has 1 fully saturated rings. The fourth-order valence-electron chi connectivity index (χ4n) is 2.32. The number of rotatable bonds is 8. The number of likely N-dealkylation sites (N-methyl/N-ethyl adjacent to an activating group) is 1. The minimum absolute atomic E-state index is 0. The van der Waals surface area contributed by atoms with E-state index in [0.29, 0.717) is 19.7 Å². The molecule has 1 aliphatic heterocycles. The lowest BCUT2D eigenvalue weighted by atomic mass is 10.1. The molecular formula is C12H28ClN3O3S. The number of halogens is 1. The highest BCUT2D eigenvalue weighted by molar-refractivity contribution is 7.86. The summed E-state index contributed by atoms with van der Waals surface area (Å²) in [5.74, 6) is 0. The second-order valence-electron chi connectivity index (χ2n) is 4.91. The first-order valence-corrected chi connectivity index (χ1v) is 8.36. The van der Waals surface area contributed by atoms with Gasteiger partial charge in [0, 0.05) is 33.3 Å². The van der Waals surface area contributed by atoms with Gasteiger partial charge in [0.25, 0.3) is 10.2 Å². The van der Waals surface area contributed by atoms with Crippen LogP contribution in [0.4, 0.5) is 0 Å². The van der Waals surface area contributed by atoms with Gasteiger partial charge in [-0.15, -0.1) is 12.4 Å². The minimum atomic E-state index is -3.38. The minimum Gasteiger partial charge on any atom is -0.383 e. The van der Waals surface area contributed by atoms with Gasteiger partial charge in [-0.25, -0.2) is 0 Å². The van der Waals surface area contributed by atoms with E-state index in [0.717, 1.165) is 32.4 Å². The Labute approximate surface area is 129 Å². The summed E-state index contributed by atoms with van der Waals surface area (Å²) in [6, 6.07) is 0.121. The van der Waals surface area contributed by atoms with Gasteiger partial charge in [0.15, 0.2) is 0 Å². The summed E-state index contributed by atoms with van der Waals surface area (Å²) in [4.78, 5) is 0. The lowest BCUT2D eigenvalue weighted by molar-refractivity contribution is 0.178. The van der Waals surface area contributed by atoms with Gasteiger partial charge in [-0.3, -0.25) is 0 Å². The van der Waals surface area contributed by atoms with E-state index in [9.17, 15) is 8.42 Å². The lowest BCUT2D eigenvalue weighted by Crippen LogP contribution is -2.51. The van der Waals surface area contributed by atoms with Crippen molar-refractivity contribution in [2.24, 2.45) is 0 Å². The van der Waals surface area contributed by atoms with Crippen LogP contribution in [0.3, 0.4) is 0 Å². The molecule has 0 spiro atoms. The summed E-state index contributed by atoms with van der Waals surface area (Å²) in [6.07, 6.45) is 2.61. The summed E-state index contributed by atoms with van der Waals surface area (Å²) in [7, 11) is -0.173. The SMILES string of the molecule is CCCN(C1CCNCC1)S(=O)(=O)N(C)CCOC.Cl. The van der Waals surface area contributed by atoms with E-state index in [1.54, 1.807) is 18.5 Å². The molecule has 0 saturated carbocycles. The highest BCUT2D eigenvalue weighted by Crippen LogP contribution is 2.18. The fraction of sp³-hybridized carbons (Fsp3) is 1.00. The number of hydrogen-bond acceptors (Lipinski definition) is 4. The summed E-state index contributed by atoms with van der Waals surface area (Å²) < 4.78 is 33.2. The predicted octanol–water partition coefficient (Wildman–Crippen LogP) is 0.695. The summed E-state index contributed by atoms with van der Waals surface area (Å²) in [5.41, 5.74) is 0. The first-order chi connectivity index (χ1) is 9.04. The van der Waals surface area contributed by atoms with Gasteiger partial charge in [0.1, 0.15) is 0 Å². The van der Waals surface area contributed by atoms with Crippen LogP contribution in [-0.2, 0) is 14.9 Å². The Hall–Kier alpha value is 0.0800. The number of methoxy groups -OCH3 is 1. The van der Waals surface area contributed by atoms with E-state index in [2.05, 4.69) is 5.32 Å². The Morgan fingerprint density at radius 1 is 1.25 bits per heavy atom. The maximum absolute atomic E-state index is 12.6. The standard InChI is InChI=1S/C12H27N3O3S.ClH/c1-4-9-15(12-5-7-13-8-6-12)19(16,17)14(2)10-11-18-3;/h12-13H,4-11H2,1-3H3;1H. The number of ether oxygens (including phenoxy) is 1. The molecule has 0 amide bonds. The normalized spacial score (nSPS) is 17.4. The van der Waals surface area contributed by atoms with Crippen molar-refractivity contribution in [3.63, 3.8) is 0 Å². The summed E-state index contributed by atoms with van der Waals surface area (Å²) in [6.45, 7) is 5.19. The van der Waals surface area contributed by atoms with Crippen LogP contribution in [-0.4, -0.2) is 70.0 Å². The number of piperidine rings is 1. The Bertz CT molecular complexity index is 348. The molecule has 0 bridgehead atoms. The van der Waals surface area contributed by atoms with E-state index in [1.165, 1.54) is 4.31 Å². The predicted molar refractivity (Wildman–Crippen MR) is 83.6 cm³/mol. The van der Waals surface area contributed by atoms with E-state index in [4.69, 9.17) is 4.74 Å². The molecular weight excluding hydrogens is 302 g/mol. The third-order valence-electron chi connectivity index (χ3n) is 3.46. The zero-order valence-corrected chi connectivity index (χ0v) is 14.3. The maximum atomic E-state index is 12.6. The topological polar surface area (TPSA) is 61.9 Å². The van der Waals surface area contributed by atoms with Crippen LogP contribution in [0.25, 0.3) is 0 Å². The van der Waals surface area contributed by atoms with Gasteiger partial charge in [-0.1, -0.05) is 6.92 Å². The monoisotopic (exact) mass is 329 g/mol. The lowest BCUT2D eigenvalue weighted by Gasteiger charge is -2.35. The van der Waals surface area contributed by atoms with Crippen LogP contribution in [0.2, 0.25) is 0 Å². The first-order valence-electron chi connectivity index (χ1n) is 6.96. The van der Waals surface area contributed by atoms with Crippen molar-refractivity contribution in [2.45, 2.75) is 32.2 Å². The van der Waals surface area contributed by atoms with Gasteiger partial charge in [-0.2, -0.15) is 17.0 Å². The summed E-state index contributed by atoms with van der Waals surface area (Å²) in [5, 5.41) is 3.27. The molecule has 20 heavy (non-hydrogen) atoms. The molecule has 0 atom stereocenters. The van der Waals surface area contributed by atoms with Gasteiger partial charge in [0.05, 0.1) is 6.61 Å². The van der Waals surface area contributed by atoms with Gasteiger partial charge in [-0.05, 0) is 32.4 Å². The Morgan fingerprint density at radius 3 is 2.35 bits per heavy atom. The molecule has 1 N–H and O–H groups in total. The van der Waals surface area contributed by atoms with E-state index >= 15 is 0 Å². The quantitative estimate of drug-likeness (QED) is 0.712. The average molecular weight is 330 g/mol. The van der Waals surface area contributed by atoms with Crippen LogP contribution in [0, 0.1) is 0 Å². The molecule has 1 heterocycles. The van der Waals surface area contributed by atoms with E-state index in [1.807, 2.05) is 6.92 Å². The van der Waals surface area contributed by atoms with Crippen LogP contribution >= 0.6 is 12.4 Å². The third-order valence-corrected chi connectivity index (χ3v) is 5.50. The Kier molecular flexibility index (Phi) is 9.96. The zero-order chi connectivity index (χ0) is 14.3. The molecule has 0 aromatic carbocycles. The smallest absolute Gasteiger partial charge is 0.282 e. The largest absolute Gasteiger partial charge is 0.383 e. The second kappa shape index (κ2) is 9.92. The Morgan fingerprint density at radius 2 is 1.85 bits per heavy atom. The second-order valence-corrected chi connectivity index (χ2v) is 6.90. The molecule has 0 aromatic rings. The van der Waals surface area contributed by atoms with Crippen LogP contribution in [0.1, 0.15) is 26.2 Å². The Balaban J connectivity index is 0.00000361. The van der Waals surface area contributed by atoms with Crippen molar-refractivity contribution in [1.29, 1.82) is 0 Å². The highest BCUT2D eigenvalue weighted by Gasteiger charge is 2.32. The van der Waals surface area contributed by atoms with Crippen molar-refractivity contribution in [1.82, 2.24) is 13.9 Å². The van der Waals surface area contributed by atoms with E-state index in [-0.39, 0.29) is 18.4 Å². The van der Waals surface area contributed by atoms with Gasteiger partial charge < -0.3 is 10.1 Å². The molecule has 1 aliphatic rings. The number of nitrogens with one attached hydrogen (secondary N) is 1. The molecule has 1 saturated heterocycles. The van der Waals surface area contributed by atoms with Crippen molar-refractivity contribution >= 4 is 22.6 Å². The number of hydrogen-bond donors (Lipinski definition) is 1. The molecule has 0 aliphatic carbocycles. The molecule has 0 aromatic heterocycles. The molecule has 0 radical (unpaired) electrons. The molecule has 6 nitrogen and oxygen atoms in total. The fourth-order valence-corrected chi connectivity index (χ4v) is 3.98. The van der Waals surface area contributed by atoms with Crippen LogP contribution in [0.15, 0.2) is 0 Å². The van der Waals surface area contributed by atoms with Crippen molar-refractivity contribution in [3.8, 4) is 0 Å². The summed E-state index contributed by atoms with van der Waals surface area (Å²) >= 11 is 0. The van der Waals surface area contributed by atoms with Crippen molar-refractivity contribution in [3.05, 3.63) is 0 Å². The van der Waals surface area contributed by atoms with Crippen LogP contribution in [0.5, 0.6) is 0 Å². The van der Waals surface area contributed by atoms with Crippen molar-refractivity contribution in [2.75, 3.05) is 46.9 Å². The van der Waals surface area contributed by atoms with Crippen LogP contribution < -0.4 is 5.32 Å². The van der Waals surface area contributed by atoms with Crippen molar-refractivity contribution < 1.29 is 13.2 Å². The van der Waals surface area contributed by atoms with E-state index < -0.39 is 10.2 Å². The first kappa shape index (κ1) is 20.1. The maximum Gasteiger partial charge on any atom is 0.282 e. The zero-order valence-electron chi connectivity index (χ0n) is 12.7. The molecule has 0 unspecified atom stereocenters. The molecule has 8 heteroatoms. The highest BCUT2D eigenvalue weighted by atomic mass is 35.5. The molecule has 1 rings (SSSR count). The third kappa shape index (κ3) is 5.46.